The minimum atomic E-state index is -1.44. The predicted molar refractivity (Wildman–Crippen MR) is 175 cm³/mol. The number of esters is 2. The monoisotopic (exact) mass is 665 g/mol. The number of ether oxygens (including phenoxy) is 4. The molecule has 0 fully saturated rings. The first-order valence-corrected chi connectivity index (χ1v) is 15.0. The van der Waals surface area contributed by atoms with E-state index >= 15 is 0 Å². The van der Waals surface area contributed by atoms with Gasteiger partial charge < -0.3 is 29.6 Å². The highest BCUT2D eigenvalue weighted by Crippen LogP contribution is 2.29. The van der Waals surface area contributed by atoms with E-state index in [0.717, 1.165) is 4.90 Å². The Morgan fingerprint density at radius 2 is 1.18 bits per heavy atom. The lowest BCUT2D eigenvalue weighted by atomic mass is 10.0. The first-order chi connectivity index (χ1) is 23.7. The largest absolute Gasteiger partial charge is 0.495 e. The van der Waals surface area contributed by atoms with Crippen LogP contribution < -0.4 is 20.1 Å². The number of hydrogen-bond acceptors (Lipinski definition) is 10. The molecule has 1 atom stereocenters. The van der Waals surface area contributed by atoms with Crippen LogP contribution in [0.1, 0.15) is 36.6 Å². The molecule has 5 rings (SSSR count). The lowest BCUT2D eigenvalue weighted by Gasteiger charge is -2.24. The van der Waals surface area contributed by atoms with Crippen LogP contribution in [0, 0.1) is 0 Å². The van der Waals surface area contributed by atoms with Gasteiger partial charge in [-0.15, -0.1) is 0 Å². The maximum atomic E-state index is 13.7. The van der Waals surface area contributed by atoms with Crippen LogP contribution in [0.3, 0.4) is 0 Å². The summed E-state index contributed by atoms with van der Waals surface area (Å²) in [4.78, 5) is 79.3. The lowest BCUT2D eigenvalue weighted by molar-refractivity contribution is -0.151. The Labute approximate surface area is 280 Å². The molecule has 1 aliphatic heterocycles. The van der Waals surface area contributed by atoms with Gasteiger partial charge in [-0.3, -0.25) is 24.1 Å². The maximum Gasteiger partial charge on any atom is 0.338 e. The smallest absolute Gasteiger partial charge is 0.338 e. The molecule has 4 aromatic carbocycles. The zero-order chi connectivity index (χ0) is 34.9. The number of nitrogens with zero attached hydrogens (tertiary/aromatic N) is 1. The van der Waals surface area contributed by atoms with Gasteiger partial charge in [0.1, 0.15) is 17.5 Å². The second-order valence-corrected chi connectivity index (χ2v) is 10.6. The van der Waals surface area contributed by atoms with Crippen LogP contribution in [0.5, 0.6) is 11.5 Å². The highest BCUT2D eigenvalue weighted by Gasteiger charge is 2.44. The van der Waals surface area contributed by atoms with Crippen LogP contribution >= 0.6 is 0 Å². The van der Waals surface area contributed by atoms with Crippen molar-refractivity contribution in [1.29, 1.82) is 0 Å². The summed E-state index contributed by atoms with van der Waals surface area (Å²) in [7, 11) is 2.89. The highest BCUT2D eigenvalue weighted by atomic mass is 16.5. The third-order valence-corrected chi connectivity index (χ3v) is 7.45. The number of fused-ring (bicyclic) bond motifs is 1. The maximum absolute atomic E-state index is 13.7. The number of methoxy groups -OCH3 is 2. The van der Waals surface area contributed by atoms with Crippen molar-refractivity contribution in [2.24, 2.45) is 0 Å². The van der Waals surface area contributed by atoms with Crippen LogP contribution in [0.2, 0.25) is 0 Å². The minimum Gasteiger partial charge on any atom is -0.495 e. The molecule has 0 saturated heterocycles. The van der Waals surface area contributed by atoms with E-state index in [9.17, 15) is 28.8 Å². The summed E-state index contributed by atoms with van der Waals surface area (Å²) in [6.07, 6.45) is -0.102. The summed E-state index contributed by atoms with van der Waals surface area (Å²) in [5, 5.41) is 5.18. The number of nitrogens with one attached hydrogen (secondary N) is 2. The number of anilines is 2. The van der Waals surface area contributed by atoms with Gasteiger partial charge in [-0.2, -0.15) is 0 Å². The Morgan fingerprint density at radius 3 is 1.78 bits per heavy atom. The first-order valence-electron chi connectivity index (χ1n) is 15.0. The minimum absolute atomic E-state index is 0.0461. The van der Waals surface area contributed by atoms with Crippen LogP contribution in [0.15, 0.2) is 97.1 Å². The topological polar surface area (TPSA) is 167 Å². The van der Waals surface area contributed by atoms with Gasteiger partial charge in [0.05, 0.1) is 42.3 Å². The molecule has 0 bridgehead atoms. The van der Waals surface area contributed by atoms with Gasteiger partial charge in [-0.25, -0.2) is 9.59 Å². The summed E-state index contributed by atoms with van der Waals surface area (Å²) < 4.78 is 20.9. The third-order valence-electron chi connectivity index (χ3n) is 7.45. The van der Waals surface area contributed by atoms with Crippen molar-refractivity contribution < 1.29 is 47.7 Å². The Hall–Kier alpha value is -6.50. The van der Waals surface area contributed by atoms with Crippen molar-refractivity contribution in [2.45, 2.75) is 12.5 Å². The van der Waals surface area contributed by atoms with E-state index in [1.54, 1.807) is 78.9 Å². The molecule has 13 heteroatoms. The predicted octanol–water partition coefficient (Wildman–Crippen LogP) is 3.89. The Balaban J connectivity index is 1.28. The molecule has 250 valence electrons. The SMILES string of the molecule is COc1ccccc1NC(=O)COC(=O)c1ccc2c(c1)C(=O)N(C(Cc1ccccc1)C(=O)OCC(=O)Nc1ccccc1OC)C2=O. The summed E-state index contributed by atoms with van der Waals surface area (Å²) in [6, 6.07) is 24.3. The van der Waals surface area contributed by atoms with Gasteiger partial charge >= 0.3 is 11.9 Å². The van der Waals surface area contributed by atoms with E-state index < -0.39 is 54.8 Å². The van der Waals surface area contributed by atoms with E-state index in [2.05, 4.69) is 10.6 Å². The number of hydrogen-bond donors (Lipinski definition) is 2. The number of rotatable bonds is 13. The Morgan fingerprint density at radius 1 is 0.653 bits per heavy atom. The van der Waals surface area contributed by atoms with E-state index in [1.807, 2.05) is 0 Å². The molecule has 4 aromatic rings. The average molecular weight is 666 g/mol. The average Bonchev–Trinajstić information content (AvgIpc) is 3.37. The van der Waals surface area contributed by atoms with Crippen molar-refractivity contribution in [3.8, 4) is 11.5 Å². The third kappa shape index (κ3) is 7.91. The van der Waals surface area contributed by atoms with E-state index in [1.165, 1.54) is 32.4 Å². The van der Waals surface area contributed by atoms with Crippen LogP contribution in [-0.2, 0) is 30.3 Å². The highest BCUT2D eigenvalue weighted by molar-refractivity contribution is 6.23. The molecule has 49 heavy (non-hydrogen) atoms. The fourth-order valence-corrected chi connectivity index (χ4v) is 5.10. The quantitative estimate of drug-likeness (QED) is 0.158. The molecule has 1 aliphatic rings. The summed E-state index contributed by atoms with van der Waals surface area (Å²) in [6.45, 7) is -1.34. The van der Waals surface area contributed by atoms with Crippen molar-refractivity contribution in [2.75, 3.05) is 38.1 Å². The first kappa shape index (κ1) is 33.9. The molecule has 1 unspecified atom stereocenters. The summed E-state index contributed by atoms with van der Waals surface area (Å²) >= 11 is 0. The standard InChI is InChI=1S/C36H31N3O10/c1-46-29-14-8-6-12-26(29)37-31(40)20-48-35(44)23-16-17-24-25(19-23)34(43)39(33(24)42)28(18-22-10-4-3-5-11-22)36(45)49-21-32(41)38-27-13-7-9-15-30(27)47-2/h3-17,19,28H,18,20-21H2,1-2H3,(H,37,40)(H,38,41). The lowest BCUT2D eigenvalue weighted by Crippen LogP contribution is -2.47. The Bertz CT molecular complexity index is 1910. The molecule has 0 aromatic heterocycles. The van der Waals surface area contributed by atoms with Crippen LogP contribution in [0.25, 0.3) is 0 Å². The van der Waals surface area contributed by atoms with Crippen molar-refractivity contribution in [3.05, 3.63) is 119 Å². The molecular weight excluding hydrogens is 634 g/mol. The number of amides is 4. The van der Waals surface area contributed by atoms with Crippen molar-refractivity contribution >= 4 is 46.9 Å². The van der Waals surface area contributed by atoms with Crippen molar-refractivity contribution in [3.63, 3.8) is 0 Å². The molecule has 4 amide bonds. The second-order valence-electron chi connectivity index (χ2n) is 10.6. The summed E-state index contributed by atoms with van der Waals surface area (Å²) in [5.41, 5.74) is 1.08. The summed E-state index contributed by atoms with van der Waals surface area (Å²) in [5.74, 6) is -4.03. The number of para-hydroxylation sites is 4. The van der Waals surface area contributed by atoms with Gasteiger partial charge in [0, 0.05) is 6.42 Å². The van der Waals surface area contributed by atoms with Gasteiger partial charge in [-0.1, -0.05) is 54.6 Å². The van der Waals surface area contributed by atoms with Gasteiger partial charge in [0.15, 0.2) is 13.2 Å². The number of benzene rings is 4. The fraction of sp³-hybridized carbons (Fsp3) is 0.167. The molecule has 0 saturated carbocycles. The van der Waals surface area contributed by atoms with E-state index in [-0.39, 0.29) is 23.1 Å². The molecular formula is C36H31N3O10. The van der Waals surface area contributed by atoms with Gasteiger partial charge in [-0.05, 0) is 48.0 Å². The number of carbonyl (C=O) groups is 6. The molecule has 0 spiro atoms. The van der Waals surface area contributed by atoms with E-state index in [4.69, 9.17) is 18.9 Å². The molecule has 13 nitrogen and oxygen atoms in total. The van der Waals surface area contributed by atoms with Crippen molar-refractivity contribution in [1.82, 2.24) is 4.90 Å². The number of carbonyl (C=O) groups excluding carboxylic acids is 6. The van der Waals surface area contributed by atoms with Crippen LogP contribution in [-0.4, -0.2) is 73.9 Å². The zero-order valence-electron chi connectivity index (χ0n) is 26.5. The van der Waals surface area contributed by atoms with Crippen LogP contribution in [0.4, 0.5) is 11.4 Å². The molecule has 1 heterocycles. The zero-order valence-corrected chi connectivity index (χ0v) is 26.5. The molecule has 0 aliphatic carbocycles. The van der Waals surface area contributed by atoms with E-state index in [0.29, 0.717) is 28.4 Å². The molecule has 2 N–H and O–H groups in total. The fourth-order valence-electron chi connectivity index (χ4n) is 5.10. The normalized spacial score (nSPS) is 12.4. The molecule has 0 radical (unpaired) electrons. The number of imide groups is 1. The van der Waals surface area contributed by atoms with Gasteiger partial charge in [0.2, 0.25) is 0 Å². The van der Waals surface area contributed by atoms with Gasteiger partial charge in [0.25, 0.3) is 23.6 Å². The second kappa shape index (κ2) is 15.4. The Kier molecular flexibility index (Phi) is 10.6.